The van der Waals surface area contributed by atoms with Crippen LogP contribution in [0, 0.1) is 0 Å². The second-order valence-electron chi connectivity index (χ2n) is 4.22. The van der Waals surface area contributed by atoms with E-state index >= 15 is 0 Å². The minimum atomic E-state index is -4.31. The molecule has 0 unspecified atom stereocenters. The number of aliphatic imine (C=N–C) groups is 1. The first-order chi connectivity index (χ1) is 9.05. The van der Waals surface area contributed by atoms with Crippen molar-refractivity contribution < 1.29 is 13.2 Å². The van der Waals surface area contributed by atoms with Gasteiger partial charge in [0.1, 0.15) is 5.82 Å². The Morgan fingerprint density at radius 3 is 2.53 bits per heavy atom. The first-order valence-electron chi connectivity index (χ1n) is 5.68. The van der Waals surface area contributed by atoms with Crippen LogP contribution in [0.1, 0.15) is 11.1 Å². The Bertz CT molecular complexity index is 624. The van der Waals surface area contributed by atoms with E-state index in [-0.39, 0.29) is 0 Å². The zero-order chi connectivity index (χ0) is 13.5. The van der Waals surface area contributed by atoms with E-state index < -0.39 is 11.7 Å². The van der Waals surface area contributed by atoms with Crippen molar-refractivity contribution in [3.05, 3.63) is 47.7 Å². The highest BCUT2D eigenvalue weighted by atomic mass is 19.4. The van der Waals surface area contributed by atoms with Gasteiger partial charge in [-0.15, -0.1) is 0 Å². The predicted octanol–water partition coefficient (Wildman–Crippen LogP) is 3.45. The van der Waals surface area contributed by atoms with Gasteiger partial charge in [0.15, 0.2) is 0 Å². The first-order valence-corrected chi connectivity index (χ1v) is 5.68. The molecule has 0 fully saturated rings. The zero-order valence-corrected chi connectivity index (χ0v) is 9.78. The number of hydrogen-bond acceptors (Lipinski definition) is 2. The van der Waals surface area contributed by atoms with Gasteiger partial charge in [0.05, 0.1) is 18.4 Å². The number of nitrogens with one attached hydrogen (secondary N) is 1. The third-order valence-electron chi connectivity index (χ3n) is 3.00. The molecule has 0 radical (unpaired) electrons. The van der Waals surface area contributed by atoms with Crippen LogP contribution < -0.4 is 5.32 Å². The molecule has 0 bridgehead atoms. The Morgan fingerprint density at radius 2 is 1.84 bits per heavy atom. The Morgan fingerprint density at radius 1 is 1.11 bits per heavy atom. The number of nitrogens with zero attached hydrogens (tertiary/aromatic N) is 2. The number of anilines is 1. The second kappa shape index (κ2) is 4.15. The zero-order valence-electron chi connectivity index (χ0n) is 9.78. The standard InChI is InChI=1S/C13H10F3N3/c14-13(15,16)10-1-3-11(4-2-10)19-6-5-9-7-17-8-18-12(9)19/h1-6,8H,7H2,(H,17,18). The molecule has 1 aromatic heterocycles. The molecule has 1 aliphatic rings. The summed E-state index contributed by atoms with van der Waals surface area (Å²) in [6.45, 7) is 0.579. The van der Waals surface area contributed by atoms with Crippen molar-refractivity contribution in [2.75, 3.05) is 5.32 Å². The summed E-state index contributed by atoms with van der Waals surface area (Å²) in [4.78, 5) is 4.07. The SMILES string of the molecule is FC(F)(F)c1ccc(-n2ccc3c2NC=NC3)cc1. The smallest absolute Gasteiger partial charge is 0.332 e. The molecule has 1 N–H and O–H groups in total. The van der Waals surface area contributed by atoms with Gasteiger partial charge < -0.3 is 9.88 Å². The molecule has 3 nitrogen and oxygen atoms in total. The van der Waals surface area contributed by atoms with Crippen LogP contribution in [0.15, 0.2) is 41.5 Å². The van der Waals surface area contributed by atoms with Crippen LogP contribution in [0.2, 0.25) is 0 Å². The maximum Gasteiger partial charge on any atom is 0.416 e. The highest BCUT2D eigenvalue weighted by molar-refractivity contribution is 5.79. The van der Waals surface area contributed by atoms with E-state index in [0.29, 0.717) is 12.2 Å². The summed E-state index contributed by atoms with van der Waals surface area (Å²) < 4.78 is 39.3. The third kappa shape index (κ3) is 2.09. The van der Waals surface area contributed by atoms with Crippen LogP contribution in [0.4, 0.5) is 19.0 Å². The molecule has 19 heavy (non-hydrogen) atoms. The fourth-order valence-corrected chi connectivity index (χ4v) is 2.04. The molecule has 0 saturated heterocycles. The Balaban J connectivity index is 1.98. The van der Waals surface area contributed by atoms with Crippen molar-refractivity contribution in [3.63, 3.8) is 0 Å². The molecule has 1 aromatic carbocycles. The van der Waals surface area contributed by atoms with E-state index in [1.54, 1.807) is 10.9 Å². The van der Waals surface area contributed by atoms with Crippen molar-refractivity contribution in [3.8, 4) is 5.69 Å². The van der Waals surface area contributed by atoms with Crippen LogP contribution >= 0.6 is 0 Å². The maximum absolute atomic E-state index is 12.5. The quantitative estimate of drug-likeness (QED) is 0.840. The number of benzene rings is 1. The molecule has 98 valence electrons. The number of halogens is 3. The number of hydrogen-bond donors (Lipinski definition) is 1. The van der Waals surface area contributed by atoms with Crippen LogP contribution in [-0.4, -0.2) is 10.9 Å². The average molecular weight is 265 g/mol. The first kappa shape index (κ1) is 11.8. The van der Waals surface area contributed by atoms with E-state index in [0.717, 1.165) is 23.5 Å². The maximum atomic E-state index is 12.5. The summed E-state index contributed by atoms with van der Waals surface area (Å²) in [6, 6.07) is 6.97. The van der Waals surface area contributed by atoms with Crippen molar-refractivity contribution in [2.45, 2.75) is 12.7 Å². The lowest BCUT2D eigenvalue weighted by atomic mass is 10.2. The molecule has 0 saturated carbocycles. The summed E-state index contributed by atoms with van der Waals surface area (Å²) >= 11 is 0. The van der Waals surface area contributed by atoms with Crippen molar-refractivity contribution in [1.82, 2.24) is 4.57 Å². The van der Waals surface area contributed by atoms with Crippen LogP contribution in [-0.2, 0) is 12.7 Å². The molecule has 1 aliphatic heterocycles. The normalized spacial score (nSPS) is 14.1. The van der Waals surface area contributed by atoms with Gasteiger partial charge in [-0.05, 0) is 30.3 Å². The van der Waals surface area contributed by atoms with Gasteiger partial charge in [-0.2, -0.15) is 13.2 Å². The van der Waals surface area contributed by atoms with Gasteiger partial charge in [0.25, 0.3) is 0 Å². The summed E-state index contributed by atoms with van der Waals surface area (Å²) in [7, 11) is 0. The number of alkyl halides is 3. The summed E-state index contributed by atoms with van der Waals surface area (Å²) in [5, 5.41) is 3.00. The van der Waals surface area contributed by atoms with E-state index in [1.807, 2.05) is 12.3 Å². The second-order valence-corrected chi connectivity index (χ2v) is 4.22. The lowest BCUT2D eigenvalue weighted by molar-refractivity contribution is -0.137. The molecule has 6 heteroatoms. The topological polar surface area (TPSA) is 29.3 Å². The molecular weight excluding hydrogens is 255 g/mol. The number of rotatable bonds is 1. The van der Waals surface area contributed by atoms with E-state index in [9.17, 15) is 13.2 Å². The van der Waals surface area contributed by atoms with Crippen LogP contribution in [0.3, 0.4) is 0 Å². The molecule has 2 heterocycles. The molecule has 0 amide bonds. The van der Waals surface area contributed by atoms with Crippen LogP contribution in [0.5, 0.6) is 0 Å². The summed E-state index contributed by atoms with van der Waals surface area (Å²) in [6.07, 6.45) is -0.905. The van der Waals surface area contributed by atoms with E-state index in [2.05, 4.69) is 10.3 Å². The molecule has 2 aromatic rings. The average Bonchev–Trinajstić information content (AvgIpc) is 2.82. The Hall–Kier alpha value is -2.24. The minimum absolute atomic E-state index is 0.579. The van der Waals surface area contributed by atoms with Crippen LogP contribution in [0.25, 0.3) is 5.69 Å². The monoisotopic (exact) mass is 265 g/mol. The molecule has 0 atom stereocenters. The minimum Gasteiger partial charge on any atom is -0.332 e. The largest absolute Gasteiger partial charge is 0.416 e. The molecule has 0 spiro atoms. The van der Waals surface area contributed by atoms with Crippen molar-refractivity contribution in [1.29, 1.82) is 0 Å². The lowest BCUT2D eigenvalue weighted by Crippen LogP contribution is -2.09. The lowest BCUT2D eigenvalue weighted by Gasteiger charge is -2.14. The fraction of sp³-hybridized carbons (Fsp3) is 0.154. The highest BCUT2D eigenvalue weighted by Gasteiger charge is 2.30. The predicted molar refractivity (Wildman–Crippen MR) is 66.6 cm³/mol. The highest BCUT2D eigenvalue weighted by Crippen LogP contribution is 2.31. The van der Waals surface area contributed by atoms with Gasteiger partial charge in [-0.1, -0.05) is 0 Å². The van der Waals surface area contributed by atoms with Crippen molar-refractivity contribution in [2.24, 2.45) is 4.99 Å². The van der Waals surface area contributed by atoms with Gasteiger partial charge in [0.2, 0.25) is 0 Å². The van der Waals surface area contributed by atoms with Gasteiger partial charge in [-0.25, -0.2) is 0 Å². The fourth-order valence-electron chi connectivity index (χ4n) is 2.04. The summed E-state index contributed by atoms with van der Waals surface area (Å²) in [5.74, 6) is 0.842. The van der Waals surface area contributed by atoms with Gasteiger partial charge in [-0.3, -0.25) is 4.99 Å². The van der Waals surface area contributed by atoms with E-state index in [4.69, 9.17) is 0 Å². The van der Waals surface area contributed by atoms with Gasteiger partial charge >= 0.3 is 6.18 Å². The summed E-state index contributed by atoms with van der Waals surface area (Å²) in [5.41, 5.74) is 1.05. The number of fused-ring (bicyclic) bond motifs is 1. The Kier molecular flexibility index (Phi) is 2.58. The molecule has 3 rings (SSSR count). The van der Waals surface area contributed by atoms with Crippen molar-refractivity contribution >= 4 is 12.2 Å². The van der Waals surface area contributed by atoms with Gasteiger partial charge in [0, 0.05) is 17.4 Å². The molecule has 0 aliphatic carbocycles. The Labute approximate surface area is 107 Å². The third-order valence-corrected chi connectivity index (χ3v) is 3.00. The van der Waals surface area contributed by atoms with E-state index in [1.165, 1.54) is 12.1 Å². The number of aromatic nitrogens is 1. The molecular formula is C13H10F3N3.